The number of aromatic nitrogens is 1. The fraction of sp³-hybridized carbons (Fsp3) is 0.312. The molecule has 1 heterocycles. The van der Waals surface area contributed by atoms with Gasteiger partial charge >= 0.3 is 0 Å². The summed E-state index contributed by atoms with van der Waals surface area (Å²) < 4.78 is 13.0. The van der Waals surface area contributed by atoms with Gasteiger partial charge in [0.25, 0.3) is 0 Å². The molecule has 0 aliphatic rings. The molecule has 3 heteroatoms. The Morgan fingerprint density at radius 2 is 1.95 bits per heavy atom. The van der Waals surface area contributed by atoms with Crippen LogP contribution in [-0.4, -0.2) is 11.0 Å². The molecule has 1 N–H and O–H groups in total. The molecule has 2 nitrogen and oxygen atoms in total. The van der Waals surface area contributed by atoms with Gasteiger partial charge in [0.2, 0.25) is 0 Å². The van der Waals surface area contributed by atoms with E-state index >= 15 is 0 Å². The number of nitrogens with zero attached hydrogens (tertiary/aromatic N) is 1. The number of aryl methyl sites for hydroxylation is 1. The van der Waals surface area contributed by atoms with Crippen LogP contribution in [0.4, 0.5) is 4.39 Å². The van der Waals surface area contributed by atoms with Crippen molar-refractivity contribution in [3.63, 3.8) is 0 Å². The Labute approximate surface area is 113 Å². The lowest BCUT2D eigenvalue weighted by Gasteiger charge is -2.13. The van der Waals surface area contributed by atoms with E-state index in [1.54, 1.807) is 6.20 Å². The number of nitrogens with one attached hydrogen (secondary N) is 1. The highest BCUT2D eigenvalue weighted by Gasteiger charge is 2.03. The molecular weight excluding hydrogens is 239 g/mol. The van der Waals surface area contributed by atoms with Gasteiger partial charge < -0.3 is 5.32 Å². The molecule has 0 spiro atoms. The molecular formula is C16H19FN2. The number of hydrogen-bond donors (Lipinski definition) is 1. The third-order valence-electron chi connectivity index (χ3n) is 3.13. The van der Waals surface area contributed by atoms with Crippen LogP contribution in [0.3, 0.4) is 0 Å². The van der Waals surface area contributed by atoms with Gasteiger partial charge in [0, 0.05) is 18.8 Å². The second-order valence-electron chi connectivity index (χ2n) is 4.82. The molecule has 0 radical (unpaired) electrons. The smallest absolute Gasteiger partial charge is 0.141 e. The first-order valence-electron chi connectivity index (χ1n) is 6.61. The zero-order valence-corrected chi connectivity index (χ0v) is 11.1. The summed E-state index contributed by atoms with van der Waals surface area (Å²) in [6, 6.07) is 12.3. The van der Waals surface area contributed by atoms with Crippen LogP contribution in [0.1, 0.15) is 24.5 Å². The van der Waals surface area contributed by atoms with Crippen molar-refractivity contribution in [2.24, 2.45) is 0 Å². The first kappa shape index (κ1) is 13.7. The lowest BCUT2D eigenvalue weighted by Crippen LogP contribution is -2.26. The minimum atomic E-state index is -0.281. The van der Waals surface area contributed by atoms with Gasteiger partial charge in [-0.3, -0.25) is 4.98 Å². The molecule has 0 bridgehead atoms. The van der Waals surface area contributed by atoms with Crippen LogP contribution in [0, 0.1) is 5.82 Å². The average molecular weight is 258 g/mol. The van der Waals surface area contributed by atoms with E-state index < -0.39 is 0 Å². The van der Waals surface area contributed by atoms with Gasteiger partial charge in [-0.05, 0) is 37.0 Å². The Balaban J connectivity index is 1.74. The van der Waals surface area contributed by atoms with Crippen LogP contribution in [0.2, 0.25) is 0 Å². The van der Waals surface area contributed by atoms with Gasteiger partial charge in [-0.1, -0.05) is 30.3 Å². The second kappa shape index (κ2) is 7.00. The van der Waals surface area contributed by atoms with Gasteiger partial charge in [0.05, 0.1) is 6.20 Å². The second-order valence-corrected chi connectivity index (χ2v) is 4.82. The van der Waals surface area contributed by atoms with Crippen molar-refractivity contribution in [1.82, 2.24) is 10.3 Å². The van der Waals surface area contributed by atoms with E-state index in [2.05, 4.69) is 41.5 Å². The summed E-state index contributed by atoms with van der Waals surface area (Å²) in [6.45, 7) is 2.80. The number of rotatable bonds is 6. The summed E-state index contributed by atoms with van der Waals surface area (Å²) in [6.07, 6.45) is 5.03. The molecule has 0 fully saturated rings. The molecule has 19 heavy (non-hydrogen) atoms. The van der Waals surface area contributed by atoms with Crippen LogP contribution in [0.15, 0.2) is 48.8 Å². The molecule has 0 aliphatic carbocycles. The summed E-state index contributed by atoms with van der Waals surface area (Å²) in [5.41, 5.74) is 2.23. The third-order valence-corrected chi connectivity index (χ3v) is 3.13. The fourth-order valence-electron chi connectivity index (χ4n) is 1.97. The number of pyridine rings is 1. The minimum Gasteiger partial charge on any atom is -0.310 e. The average Bonchev–Trinajstić information content (AvgIpc) is 2.44. The SMILES string of the molecule is CC(CCc1ccccc1)NCc1cncc(F)c1. The summed E-state index contributed by atoms with van der Waals surface area (Å²) >= 11 is 0. The highest BCUT2D eigenvalue weighted by Crippen LogP contribution is 2.06. The van der Waals surface area contributed by atoms with Crippen LogP contribution in [-0.2, 0) is 13.0 Å². The summed E-state index contributed by atoms with van der Waals surface area (Å²) in [5.74, 6) is -0.281. The van der Waals surface area contributed by atoms with Gasteiger partial charge in [-0.2, -0.15) is 0 Å². The third kappa shape index (κ3) is 4.79. The number of hydrogen-bond acceptors (Lipinski definition) is 2. The van der Waals surface area contributed by atoms with E-state index in [1.165, 1.54) is 17.8 Å². The molecule has 1 atom stereocenters. The normalized spacial score (nSPS) is 12.3. The summed E-state index contributed by atoms with van der Waals surface area (Å²) in [7, 11) is 0. The lowest BCUT2D eigenvalue weighted by atomic mass is 10.1. The Morgan fingerprint density at radius 1 is 1.16 bits per heavy atom. The maximum atomic E-state index is 13.0. The van der Waals surface area contributed by atoms with Crippen LogP contribution >= 0.6 is 0 Å². The molecule has 100 valence electrons. The summed E-state index contributed by atoms with van der Waals surface area (Å²) in [4.78, 5) is 3.84. The monoisotopic (exact) mass is 258 g/mol. The zero-order chi connectivity index (χ0) is 13.5. The molecule has 2 aromatic rings. The largest absolute Gasteiger partial charge is 0.310 e. The van der Waals surface area contributed by atoms with Crippen molar-refractivity contribution in [1.29, 1.82) is 0 Å². The van der Waals surface area contributed by atoms with Gasteiger partial charge in [-0.25, -0.2) is 4.39 Å². The van der Waals surface area contributed by atoms with E-state index in [0.29, 0.717) is 12.6 Å². The fourth-order valence-corrected chi connectivity index (χ4v) is 1.97. The predicted octanol–water partition coefficient (Wildman–Crippen LogP) is 3.33. The Bertz CT molecular complexity index is 499. The molecule has 0 amide bonds. The molecule has 1 aromatic carbocycles. The van der Waals surface area contributed by atoms with E-state index in [0.717, 1.165) is 18.4 Å². The van der Waals surface area contributed by atoms with Crippen molar-refractivity contribution < 1.29 is 4.39 Å². The van der Waals surface area contributed by atoms with E-state index in [-0.39, 0.29) is 5.82 Å². The number of benzene rings is 1. The molecule has 0 saturated heterocycles. The molecule has 0 saturated carbocycles. The van der Waals surface area contributed by atoms with Crippen molar-refractivity contribution in [3.05, 3.63) is 65.7 Å². The lowest BCUT2D eigenvalue weighted by molar-refractivity contribution is 0.511. The van der Waals surface area contributed by atoms with Crippen molar-refractivity contribution in [2.45, 2.75) is 32.4 Å². The minimum absolute atomic E-state index is 0.281. The number of halogens is 1. The first-order valence-corrected chi connectivity index (χ1v) is 6.61. The van der Waals surface area contributed by atoms with Crippen LogP contribution in [0.5, 0.6) is 0 Å². The summed E-state index contributed by atoms with van der Waals surface area (Å²) in [5, 5.41) is 3.39. The predicted molar refractivity (Wildman–Crippen MR) is 75.3 cm³/mol. The highest BCUT2D eigenvalue weighted by molar-refractivity contribution is 5.15. The maximum absolute atomic E-state index is 13.0. The molecule has 2 rings (SSSR count). The molecule has 1 aromatic heterocycles. The van der Waals surface area contributed by atoms with Gasteiger partial charge in [-0.15, -0.1) is 0 Å². The van der Waals surface area contributed by atoms with Gasteiger partial charge in [0.15, 0.2) is 0 Å². The van der Waals surface area contributed by atoms with Crippen molar-refractivity contribution >= 4 is 0 Å². The van der Waals surface area contributed by atoms with E-state index in [4.69, 9.17) is 0 Å². The van der Waals surface area contributed by atoms with Crippen molar-refractivity contribution in [3.8, 4) is 0 Å². The van der Waals surface area contributed by atoms with Gasteiger partial charge in [0.1, 0.15) is 5.82 Å². The maximum Gasteiger partial charge on any atom is 0.141 e. The highest BCUT2D eigenvalue weighted by atomic mass is 19.1. The molecule has 0 aliphatic heterocycles. The first-order chi connectivity index (χ1) is 9.24. The molecule has 1 unspecified atom stereocenters. The standard InChI is InChI=1S/C16H19FN2/c1-13(7-8-14-5-3-2-4-6-14)19-11-15-9-16(17)12-18-10-15/h2-6,9-10,12-13,19H,7-8,11H2,1H3. The quantitative estimate of drug-likeness (QED) is 0.859. The van der Waals surface area contributed by atoms with Crippen LogP contribution < -0.4 is 5.32 Å². The Morgan fingerprint density at radius 3 is 2.68 bits per heavy atom. The zero-order valence-electron chi connectivity index (χ0n) is 11.1. The van der Waals surface area contributed by atoms with E-state index in [1.807, 2.05) is 6.07 Å². The van der Waals surface area contributed by atoms with Crippen LogP contribution in [0.25, 0.3) is 0 Å². The van der Waals surface area contributed by atoms with E-state index in [9.17, 15) is 4.39 Å². The van der Waals surface area contributed by atoms with Crippen molar-refractivity contribution in [2.75, 3.05) is 0 Å². The Hall–Kier alpha value is -1.74. The Kier molecular flexibility index (Phi) is 5.04. The topological polar surface area (TPSA) is 24.9 Å².